The number of piperidine rings is 1. The van der Waals surface area contributed by atoms with Crippen LogP contribution >= 0.6 is 12.4 Å². The number of halogens is 1. The Labute approximate surface area is 193 Å². The van der Waals surface area contributed by atoms with E-state index in [0.717, 1.165) is 41.3 Å². The van der Waals surface area contributed by atoms with Crippen LogP contribution in [0.5, 0.6) is 5.75 Å². The Morgan fingerprint density at radius 2 is 1.71 bits per heavy atom. The maximum Gasteiger partial charge on any atom is 0.224 e. The number of nitrogens with one attached hydrogen (secondary N) is 1. The van der Waals surface area contributed by atoms with Gasteiger partial charge >= 0.3 is 0 Å². The quantitative estimate of drug-likeness (QED) is 0.573. The molecule has 0 spiro atoms. The maximum absolute atomic E-state index is 13.0. The average molecular weight is 447 g/mol. The van der Waals surface area contributed by atoms with Crippen molar-refractivity contribution in [3.05, 3.63) is 23.8 Å². The number of benzene rings is 1. The van der Waals surface area contributed by atoms with E-state index in [1.165, 1.54) is 70.9 Å². The van der Waals surface area contributed by atoms with Crippen molar-refractivity contribution in [1.82, 2.24) is 4.90 Å². The molecule has 5 aliphatic rings. The number of hydrogen-bond acceptors (Lipinski definition) is 3. The van der Waals surface area contributed by atoms with Crippen LogP contribution in [0.1, 0.15) is 69.8 Å². The van der Waals surface area contributed by atoms with Crippen molar-refractivity contribution >= 4 is 24.0 Å². The molecule has 0 radical (unpaired) electrons. The molecule has 1 aromatic carbocycles. The molecule has 4 aliphatic carbocycles. The normalized spacial score (nSPS) is 31.8. The van der Waals surface area contributed by atoms with Crippen LogP contribution in [0.4, 0.5) is 5.69 Å². The highest BCUT2D eigenvalue weighted by molar-refractivity contribution is 5.92. The first kappa shape index (κ1) is 22.9. The van der Waals surface area contributed by atoms with Gasteiger partial charge in [0.15, 0.2) is 0 Å². The van der Waals surface area contributed by atoms with Crippen molar-refractivity contribution in [2.75, 3.05) is 31.6 Å². The molecule has 1 aromatic rings. The van der Waals surface area contributed by atoms with Crippen LogP contribution in [0, 0.1) is 30.1 Å². The highest BCUT2D eigenvalue weighted by atomic mass is 35.5. The lowest BCUT2D eigenvalue weighted by Crippen LogP contribution is -2.47. The summed E-state index contributed by atoms with van der Waals surface area (Å²) in [4.78, 5) is 15.5. The van der Waals surface area contributed by atoms with Crippen LogP contribution in [-0.4, -0.2) is 37.0 Å². The first-order valence-corrected chi connectivity index (χ1v) is 12.3. The Morgan fingerprint density at radius 1 is 1.06 bits per heavy atom. The molecule has 4 nitrogen and oxygen atoms in total. The van der Waals surface area contributed by atoms with Gasteiger partial charge in [-0.15, -0.1) is 12.4 Å². The van der Waals surface area contributed by atoms with Crippen LogP contribution in [0.25, 0.3) is 0 Å². The van der Waals surface area contributed by atoms with Crippen LogP contribution in [0.15, 0.2) is 18.2 Å². The van der Waals surface area contributed by atoms with Gasteiger partial charge in [0.2, 0.25) is 5.91 Å². The van der Waals surface area contributed by atoms with Crippen molar-refractivity contribution in [2.24, 2.45) is 23.2 Å². The van der Waals surface area contributed by atoms with Crippen molar-refractivity contribution in [3.8, 4) is 5.75 Å². The molecule has 5 heteroatoms. The van der Waals surface area contributed by atoms with Crippen molar-refractivity contribution in [2.45, 2.75) is 71.1 Å². The summed E-state index contributed by atoms with van der Waals surface area (Å²) in [7, 11) is 0. The third-order valence-corrected chi connectivity index (χ3v) is 8.37. The third kappa shape index (κ3) is 5.22. The molecular formula is C26H39ClN2O2. The SMILES string of the molecule is Cc1c(NC(=O)CC23CC4CC(CC(C4)C2)C3)cccc1OCCN1CCCCC1.Cl. The average Bonchev–Trinajstić information content (AvgIpc) is 2.70. The minimum atomic E-state index is 0. The van der Waals surface area contributed by atoms with Gasteiger partial charge in [0.05, 0.1) is 0 Å². The fourth-order valence-corrected chi connectivity index (χ4v) is 7.42. The first-order chi connectivity index (χ1) is 14.6. The molecular weight excluding hydrogens is 408 g/mol. The molecule has 1 amide bonds. The number of amides is 1. The molecule has 0 unspecified atom stereocenters. The van der Waals surface area contributed by atoms with E-state index in [1.807, 2.05) is 18.2 Å². The number of ether oxygens (including phenoxy) is 1. The van der Waals surface area contributed by atoms with Crippen LogP contribution in [0.2, 0.25) is 0 Å². The molecule has 1 aliphatic heterocycles. The topological polar surface area (TPSA) is 41.6 Å². The van der Waals surface area contributed by atoms with E-state index in [0.29, 0.717) is 13.0 Å². The number of nitrogens with zero attached hydrogens (tertiary/aromatic N) is 1. The zero-order chi connectivity index (χ0) is 20.6. The standard InChI is InChI=1S/C26H38N2O2.ClH/c1-19-23(6-5-7-24(19)30-11-10-28-8-3-2-4-9-28)27-25(29)18-26-15-20-12-21(16-26)14-22(13-20)17-26;/h5-7,20-22H,2-4,8-18H2,1H3,(H,27,29);1H. The molecule has 31 heavy (non-hydrogen) atoms. The smallest absolute Gasteiger partial charge is 0.224 e. The Hall–Kier alpha value is -1.26. The van der Waals surface area contributed by atoms with Crippen molar-refractivity contribution in [1.29, 1.82) is 0 Å². The highest BCUT2D eigenvalue weighted by Crippen LogP contribution is 2.61. The molecule has 1 saturated heterocycles. The summed E-state index contributed by atoms with van der Waals surface area (Å²) in [6.45, 7) is 6.16. The summed E-state index contributed by atoms with van der Waals surface area (Å²) < 4.78 is 6.10. The monoisotopic (exact) mass is 446 g/mol. The van der Waals surface area contributed by atoms with E-state index >= 15 is 0 Å². The zero-order valence-electron chi connectivity index (χ0n) is 19.0. The van der Waals surface area contributed by atoms with Gasteiger partial charge in [0.1, 0.15) is 12.4 Å². The molecule has 0 atom stereocenters. The molecule has 6 rings (SSSR count). The number of anilines is 1. The highest BCUT2D eigenvalue weighted by Gasteiger charge is 2.51. The first-order valence-electron chi connectivity index (χ1n) is 12.3. The predicted molar refractivity (Wildman–Crippen MR) is 128 cm³/mol. The van der Waals surface area contributed by atoms with Crippen LogP contribution in [0.3, 0.4) is 0 Å². The number of carbonyl (C=O) groups excluding carboxylic acids is 1. The molecule has 1 heterocycles. The van der Waals surface area contributed by atoms with Gasteiger partial charge in [-0.1, -0.05) is 12.5 Å². The van der Waals surface area contributed by atoms with E-state index < -0.39 is 0 Å². The fraction of sp³-hybridized carbons (Fsp3) is 0.731. The van der Waals surface area contributed by atoms with Gasteiger partial charge in [-0.25, -0.2) is 0 Å². The summed E-state index contributed by atoms with van der Waals surface area (Å²) in [6.07, 6.45) is 12.8. The van der Waals surface area contributed by atoms with Gasteiger partial charge < -0.3 is 10.1 Å². The molecule has 4 bridgehead atoms. The minimum absolute atomic E-state index is 0. The lowest BCUT2D eigenvalue weighted by Gasteiger charge is -2.56. The number of hydrogen-bond donors (Lipinski definition) is 1. The van der Waals surface area contributed by atoms with Gasteiger partial charge in [-0.3, -0.25) is 9.69 Å². The lowest BCUT2D eigenvalue weighted by molar-refractivity contribution is -0.124. The van der Waals surface area contributed by atoms with E-state index in [9.17, 15) is 4.79 Å². The summed E-state index contributed by atoms with van der Waals surface area (Å²) >= 11 is 0. The van der Waals surface area contributed by atoms with E-state index in [1.54, 1.807) is 0 Å². The van der Waals surface area contributed by atoms with E-state index in [-0.39, 0.29) is 23.7 Å². The fourth-order valence-electron chi connectivity index (χ4n) is 7.42. The Morgan fingerprint density at radius 3 is 2.35 bits per heavy atom. The molecule has 172 valence electrons. The lowest BCUT2D eigenvalue weighted by atomic mass is 9.49. The van der Waals surface area contributed by atoms with Gasteiger partial charge in [-0.2, -0.15) is 0 Å². The summed E-state index contributed by atoms with van der Waals surface area (Å²) in [5.41, 5.74) is 2.25. The number of likely N-dealkylation sites (tertiary alicyclic amines) is 1. The van der Waals surface area contributed by atoms with E-state index in [2.05, 4.69) is 17.1 Å². The number of rotatable bonds is 7. The summed E-state index contributed by atoms with van der Waals surface area (Å²) in [5, 5.41) is 3.24. The largest absolute Gasteiger partial charge is 0.492 e. The number of carbonyl (C=O) groups is 1. The van der Waals surface area contributed by atoms with Crippen LogP contribution in [-0.2, 0) is 4.79 Å². The molecule has 1 N–H and O–H groups in total. The summed E-state index contributed by atoms with van der Waals surface area (Å²) in [5.74, 6) is 3.78. The summed E-state index contributed by atoms with van der Waals surface area (Å²) in [6, 6.07) is 6.05. The Kier molecular flexibility index (Phi) is 7.17. The Bertz CT molecular complexity index is 739. The second kappa shape index (κ2) is 9.70. The van der Waals surface area contributed by atoms with Crippen molar-refractivity contribution < 1.29 is 9.53 Å². The second-order valence-corrected chi connectivity index (χ2v) is 10.8. The van der Waals surface area contributed by atoms with Crippen molar-refractivity contribution in [3.63, 3.8) is 0 Å². The predicted octanol–water partition coefficient (Wildman–Crippen LogP) is 5.83. The zero-order valence-corrected chi connectivity index (χ0v) is 19.9. The molecule has 0 aromatic heterocycles. The minimum Gasteiger partial charge on any atom is -0.492 e. The van der Waals surface area contributed by atoms with Crippen LogP contribution < -0.4 is 10.1 Å². The molecule has 5 fully saturated rings. The second-order valence-electron chi connectivity index (χ2n) is 10.8. The van der Waals surface area contributed by atoms with Gasteiger partial charge in [-0.05, 0) is 107 Å². The van der Waals surface area contributed by atoms with Gasteiger partial charge in [0, 0.05) is 24.2 Å². The third-order valence-electron chi connectivity index (χ3n) is 8.37. The van der Waals surface area contributed by atoms with E-state index in [4.69, 9.17) is 4.74 Å². The van der Waals surface area contributed by atoms with Gasteiger partial charge in [0.25, 0.3) is 0 Å². The molecule has 4 saturated carbocycles. The Balaban J connectivity index is 0.00000231. The maximum atomic E-state index is 13.0.